The van der Waals surface area contributed by atoms with Gasteiger partial charge in [0.05, 0.1) is 19.0 Å². The minimum Gasteiger partial charge on any atom is -0.494 e. The van der Waals surface area contributed by atoms with Crippen molar-refractivity contribution in [1.82, 2.24) is 14.9 Å². The van der Waals surface area contributed by atoms with Crippen molar-refractivity contribution in [2.24, 2.45) is 0 Å². The van der Waals surface area contributed by atoms with Crippen LogP contribution in [0.1, 0.15) is 27.4 Å². The van der Waals surface area contributed by atoms with Crippen LogP contribution in [0.3, 0.4) is 0 Å². The van der Waals surface area contributed by atoms with E-state index in [0.717, 1.165) is 11.9 Å². The van der Waals surface area contributed by atoms with Crippen molar-refractivity contribution >= 4 is 11.9 Å². The average molecular weight is 315 g/mol. The Morgan fingerprint density at radius 3 is 2.39 bits per heavy atom. The minimum absolute atomic E-state index is 0.112. The lowest BCUT2D eigenvalue weighted by atomic mass is 10.3. The summed E-state index contributed by atoms with van der Waals surface area (Å²) < 4.78 is 5.55. The van der Waals surface area contributed by atoms with Crippen molar-refractivity contribution in [1.29, 1.82) is 0 Å². The molecule has 0 bridgehead atoms. The molecule has 1 N–H and O–H groups in total. The molecule has 7 nitrogen and oxygen atoms in total. The molecule has 0 radical (unpaired) electrons. The van der Waals surface area contributed by atoms with Crippen molar-refractivity contribution in [2.45, 2.75) is 6.42 Å². The third kappa shape index (κ3) is 4.77. The molecule has 1 amide bonds. The topological polar surface area (TPSA) is 92.6 Å². The van der Waals surface area contributed by atoms with E-state index in [1.54, 1.807) is 7.05 Å². The SMILES string of the molecule is CN(CCCOc1ccccc1)C(=O)c1cnc(C(=O)O)cn1. The number of carbonyl (C=O) groups is 2. The summed E-state index contributed by atoms with van der Waals surface area (Å²) in [6.45, 7) is 0.985. The smallest absolute Gasteiger partial charge is 0.356 e. The summed E-state index contributed by atoms with van der Waals surface area (Å²) in [5.41, 5.74) is -0.0815. The second kappa shape index (κ2) is 7.88. The van der Waals surface area contributed by atoms with E-state index in [2.05, 4.69) is 9.97 Å². The quantitative estimate of drug-likeness (QED) is 0.782. The van der Waals surface area contributed by atoms with E-state index < -0.39 is 5.97 Å². The van der Waals surface area contributed by atoms with E-state index in [9.17, 15) is 9.59 Å². The molecular weight excluding hydrogens is 298 g/mol. The zero-order chi connectivity index (χ0) is 16.7. The van der Waals surface area contributed by atoms with Gasteiger partial charge in [-0.3, -0.25) is 4.79 Å². The predicted molar refractivity (Wildman–Crippen MR) is 82.5 cm³/mol. The third-order valence-corrected chi connectivity index (χ3v) is 3.09. The van der Waals surface area contributed by atoms with Gasteiger partial charge in [-0.15, -0.1) is 0 Å². The number of ether oxygens (including phenoxy) is 1. The summed E-state index contributed by atoms with van der Waals surface area (Å²) in [6.07, 6.45) is 2.91. The second-order valence-electron chi connectivity index (χ2n) is 4.83. The maximum atomic E-state index is 12.1. The zero-order valence-electron chi connectivity index (χ0n) is 12.7. The number of hydrogen-bond acceptors (Lipinski definition) is 5. The largest absolute Gasteiger partial charge is 0.494 e. The molecule has 1 aromatic heterocycles. The number of para-hydroxylation sites is 1. The predicted octanol–water partition coefficient (Wildman–Crippen LogP) is 1.72. The summed E-state index contributed by atoms with van der Waals surface area (Å²) in [5.74, 6) is -0.700. The zero-order valence-corrected chi connectivity index (χ0v) is 12.7. The first kappa shape index (κ1) is 16.4. The summed E-state index contributed by atoms with van der Waals surface area (Å²) >= 11 is 0. The van der Waals surface area contributed by atoms with Crippen LogP contribution >= 0.6 is 0 Å². The van der Waals surface area contributed by atoms with Gasteiger partial charge in [-0.2, -0.15) is 0 Å². The fourth-order valence-electron chi connectivity index (χ4n) is 1.85. The van der Waals surface area contributed by atoms with E-state index in [-0.39, 0.29) is 17.3 Å². The van der Waals surface area contributed by atoms with Crippen LogP contribution in [0.2, 0.25) is 0 Å². The first-order chi connectivity index (χ1) is 11.1. The Labute approximate surface area is 133 Å². The average Bonchev–Trinajstić information content (AvgIpc) is 2.59. The van der Waals surface area contributed by atoms with Crippen molar-refractivity contribution < 1.29 is 19.4 Å². The molecule has 1 heterocycles. The Morgan fingerprint density at radius 2 is 1.78 bits per heavy atom. The Balaban J connectivity index is 1.79. The molecule has 0 saturated heterocycles. The Bertz CT molecular complexity index is 659. The number of benzene rings is 1. The molecule has 0 saturated carbocycles. The highest BCUT2D eigenvalue weighted by molar-refractivity contribution is 5.92. The molecule has 1 aromatic carbocycles. The lowest BCUT2D eigenvalue weighted by molar-refractivity contribution is 0.0687. The molecule has 0 spiro atoms. The third-order valence-electron chi connectivity index (χ3n) is 3.09. The standard InChI is InChI=1S/C16H17N3O4/c1-19(8-5-9-23-12-6-3-2-4-7-12)15(20)13-10-18-14(11-17-13)16(21)22/h2-4,6-7,10-11H,5,8-9H2,1H3,(H,21,22). The highest BCUT2D eigenvalue weighted by Crippen LogP contribution is 2.08. The number of aromatic carboxylic acids is 1. The van der Waals surface area contributed by atoms with E-state index in [1.807, 2.05) is 30.3 Å². The molecule has 0 atom stereocenters. The summed E-state index contributed by atoms with van der Waals surface area (Å²) in [6, 6.07) is 9.44. The van der Waals surface area contributed by atoms with Crippen molar-refractivity contribution in [2.75, 3.05) is 20.2 Å². The first-order valence-corrected chi connectivity index (χ1v) is 7.06. The highest BCUT2D eigenvalue weighted by atomic mass is 16.5. The van der Waals surface area contributed by atoms with Gasteiger partial charge in [0.15, 0.2) is 5.69 Å². The molecule has 2 rings (SSSR count). The van der Waals surface area contributed by atoms with E-state index >= 15 is 0 Å². The molecule has 7 heteroatoms. The second-order valence-corrected chi connectivity index (χ2v) is 4.83. The van der Waals surface area contributed by atoms with E-state index in [4.69, 9.17) is 9.84 Å². The normalized spacial score (nSPS) is 10.1. The van der Waals surface area contributed by atoms with Crippen LogP contribution in [0.25, 0.3) is 0 Å². The fourth-order valence-corrected chi connectivity index (χ4v) is 1.85. The summed E-state index contributed by atoms with van der Waals surface area (Å²) in [4.78, 5) is 31.8. The highest BCUT2D eigenvalue weighted by Gasteiger charge is 2.14. The number of aromatic nitrogens is 2. The Hall–Kier alpha value is -2.96. The van der Waals surface area contributed by atoms with Gasteiger partial charge < -0.3 is 14.7 Å². The number of amides is 1. The number of carbonyl (C=O) groups excluding carboxylic acids is 1. The molecule has 0 aliphatic carbocycles. The molecule has 0 unspecified atom stereocenters. The summed E-state index contributed by atoms with van der Waals surface area (Å²) in [7, 11) is 1.65. The van der Waals surface area contributed by atoms with Gasteiger partial charge in [-0.1, -0.05) is 18.2 Å². The maximum absolute atomic E-state index is 12.1. The first-order valence-electron chi connectivity index (χ1n) is 7.06. The van der Waals surface area contributed by atoms with Crippen LogP contribution in [-0.2, 0) is 0 Å². The van der Waals surface area contributed by atoms with Crippen molar-refractivity contribution in [3.05, 3.63) is 54.1 Å². The van der Waals surface area contributed by atoms with Gasteiger partial charge in [-0.25, -0.2) is 14.8 Å². The van der Waals surface area contributed by atoms with Crippen LogP contribution in [0.4, 0.5) is 0 Å². The molecular formula is C16H17N3O4. The number of nitrogens with zero attached hydrogens (tertiary/aromatic N) is 3. The van der Waals surface area contributed by atoms with Gasteiger partial charge in [0.2, 0.25) is 0 Å². The van der Waals surface area contributed by atoms with Crippen LogP contribution in [-0.4, -0.2) is 52.1 Å². The monoisotopic (exact) mass is 315 g/mol. The number of carboxylic acid groups (broad SMARTS) is 1. The van der Waals surface area contributed by atoms with Gasteiger partial charge >= 0.3 is 5.97 Å². The molecule has 2 aromatic rings. The van der Waals surface area contributed by atoms with Gasteiger partial charge in [-0.05, 0) is 18.6 Å². The molecule has 0 aliphatic heterocycles. The molecule has 0 aliphatic rings. The lowest BCUT2D eigenvalue weighted by Crippen LogP contribution is -2.29. The van der Waals surface area contributed by atoms with Gasteiger partial charge in [0.1, 0.15) is 11.4 Å². The minimum atomic E-state index is -1.18. The molecule has 120 valence electrons. The van der Waals surface area contributed by atoms with Crippen molar-refractivity contribution in [3.63, 3.8) is 0 Å². The van der Waals surface area contributed by atoms with Crippen LogP contribution < -0.4 is 4.74 Å². The Morgan fingerprint density at radius 1 is 1.13 bits per heavy atom. The van der Waals surface area contributed by atoms with Crippen LogP contribution in [0.15, 0.2) is 42.7 Å². The molecule has 0 fully saturated rings. The van der Waals surface area contributed by atoms with E-state index in [1.165, 1.54) is 11.1 Å². The fraction of sp³-hybridized carbons (Fsp3) is 0.250. The number of carboxylic acids is 1. The maximum Gasteiger partial charge on any atom is 0.356 e. The van der Waals surface area contributed by atoms with Gasteiger partial charge in [0.25, 0.3) is 5.91 Å². The van der Waals surface area contributed by atoms with Crippen LogP contribution in [0, 0.1) is 0 Å². The molecule has 23 heavy (non-hydrogen) atoms. The number of hydrogen-bond donors (Lipinski definition) is 1. The lowest BCUT2D eigenvalue weighted by Gasteiger charge is -2.16. The summed E-state index contributed by atoms with van der Waals surface area (Å²) in [5, 5.41) is 8.75. The Kier molecular flexibility index (Phi) is 5.62. The van der Waals surface area contributed by atoms with Crippen molar-refractivity contribution in [3.8, 4) is 5.75 Å². The number of rotatable bonds is 7. The van der Waals surface area contributed by atoms with Crippen LogP contribution in [0.5, 0.6) is 5.75 Å². The van der Waals surface area contributed by atoms with Gasteiger partial charge in [0, 0.05) is 13.6 Å². The van der Waals surface area contributed by atoms with E-state index in [0.29, 0.717) is 19.6 Å².